The maximum absolute atomic E-state index is 13.5. The highest BCUT2D eigenvalue weighted by Gasteiger charge is 2.32. The third-order valence-corrected chi connectivity index (χ3v) is 6.80. The molecule has 4 nitrogen and oxygen atoms in total. The van der Waals surface area contributed by atoms with Gasteiger partial charge in [0.2, 0.25) is 5.82 Å². The van der Waals surface area contributed by atoms with Crippen molar-refractivity contribution in [3.05, 3.63) is 63.4 Å². The Morgan fingerprint density at radius 2 is 1.61 bits per heavy atom. The van der Waals surface area contributed by atoms with Crippen LogP contribution in [0.15, 0.2) is 42.5 Å². The van der Waals surface area contributed by atoms with E-state index in [9.17, 15) is 4.79 Å². The van der Waals surface area contributed by atoms with Gasteiger partial charge in [-0.25, -0.2) is 4.98 Å². The van der Waals surface area contributed by atoms with E-state index in [1.165, 1.54) is 6.42 Å². The van der Waals surface area contributed by atoms with Crippen molar-refractivity contribution in [2.75, 3.05) is 0 Å². The van der Waals surface area contributed by atoms with E-state index < -0.39 is 5.54 Å². The lowest BCUT2D eigenvalue weighted by molar-refractivity contribution is 0.0906. The number of nitrogens with zero attached hydrogens (tertiary/aromatic N) is 2. The van der Waals surface area contributed by atoms with Crippen LogP contribution in [0.5, 0.6) is 0 Å². The summed E-state index contributed by atoms with van der Waals surface area (Å²) in [5, 5.41) is 4.89. The summed E-state index contributed by atoms with van der Waals surface area (Å²) < 4.78 is 2.01. The topological polar surface area (TPSA) is 46.9 Å². The molecule has 1 aliphatic rings. The van der Waals surface area contributed by atoms with E-state index in [1.807, 2.05) is 34.9 Å². The average Bonchev–Trinajstić information content (AvgIpc) is 3.16. The number of carbonyl (C=O) groups is 1. The van der Waals surface area contributed by atoms with Gasteiger partial charge in [0.25, 0.3) is 5.91 Å². The number of hydrogen-bond donors (Lipinski definition) is 1. The number of halogens is 3. The minimum Gasteiger partial charge on any atom is -0.347 e. The van der Waals surface area contributed by atoms with Gasteiger partial charge in [-0.05, 0) is 63.9 Å². The third kappa shape index (κ3) is 5.24. The molecule has 1 saturated carbocycles. The minimum absolute atomic E-state index is 0.164. The first-order valence-corrected chi connectivity index (χ1v) is 12.4. The van der Waals surface area contributed by atoms with E-state index in [1.54, 1.807) is 12.1 Å². The molecule has 1 aliphatic carbocycles. The molecule has 0 bridgehead atoms. The molecule has 3 aromatic rings. The van der Waals surface area contributed by atoms with E-state index in [-0.39, 0.29) is 11.9 Å². The summed E-state index contributed by atoms with van der Waals surface area (Å²) >= 11 is 18.9. The molecule has 0 radical (unpaired) electrons. The fourth-order valence-corrected chi connectivity index (χ4v) is 5.09. The van der Waals surface area contributed by atoms with Crippen LogP contribution < -0.4 is 5.32 Å². The second-order valence-corrected chi connectivity index (χ2v) is 10.9. The van der Waals surface area contributed by atoms with Crippen LogP contribution in [0.4, 0.5) is 0 Å². The Kier molecular flexibility index (Phi) is 7.09. The second-order valence-electron chi connectivity index (χ2n) is 9.58. The van der Waals surface area contributed by atoms with Gasteiger partial charge < -0.3 is 9.88 Å². The molecule has 0 spiro atoms. The summed E-state index contributed by atoms with van der Waals surface area (Å²) in [4.78, 5) is 18.4. The SMILES string of the molecule is CC(C)(C)n1c(C(=O)NC2CCCCC2)nc(-c2ccc(Cl)cc2Cl)c1-c1ccc(Cl)cc1. The van der Waals surface area contributed by atoms with Crippen LogP contribution in [0.2, 0.25) is 15.1 Å². The Morgan fingerprint density at radius 3 is 2.21 bits per heavy atom. The number of carbonyl (C=O) groups excluding carboxylic acids is 1. The van der Waals surface area contributed by atoms with Crippen LogP contribution >= 0.6 is 34.8 Å². The predicted molar refractivity (Wildman–Crippen MR) is 137 cm³/mol. The number of aromatic nitrogens is 2. The fourth-order valence-electron chi connectivity index (χ4n) is 4.47. The Bertz CT molecular complexity index is 1160. The highest BCUT2D eigenvalue weighted by atomic mass is 35.5. The summed E-state index contributed by atoms with van der Waals surface area (Å²) in [6.07, 6.45) is 5.51. The molecule has 33 heavy (non-hydrogen) atoms. The van der Waals surface area contributed by atoms with Crippen molar-refractivity contribution in [3.8, 4) is 22.5 Å². The van der Waals surface area contributed by atoms with E-state index in [0.29, 0.717) is 26.6 Å². The molecule has 1 fully saturated rings. The number of nitrogens with one attached hydrogen (secondary N) is 1. The van der Waals surface area contributed by atoms with Crippen molar-refractivity contribution in [1.29, 1.82) is 0 Å². The molecule has 2 aromatic carbocycles. The zero-order valence-corrected chi connectivity index (χ0v) is 21.4. The molecule has 4 rings (SSSR count). The Hall–Kier alpha value is -2.01. The Balaban J connectivity index is 1.93. The van der Waals surface area contributed by atoms with Gasteiger partial charge in [0.1, 0.15) is 0 Å². The van der Waals surface area contributed by atoms with Crippen LogP contribution in [0.3, 0.4) is 0 Å². The van der Waals surface area contributed by atoms with Crippen molar-refractivity contribution >= 4 is 40.7 Å². The number of benzene rings is 2. The summed E-state index contributed by atoms with van der Waals surface area (Å²) in [6, 6.07) is 13.1. The first kappa shape index (κ1) is 24.1. The quantitative estimate of drug-likeness (QED) is 0.391. The monoisotopic (exact) mass is 503 g/mol. The van der Waals surface area contributed by atoms with Gasteiger partial charge in [-0.1, -0.05) is 66.2 Å². The maximum atomic E-state index is 13.5. The highest BCUT2D eigenvalue weighted by molar-refractivity contribution is 6.36. The molecule has 1 aromatic heterocycles. The molecule has 7 heteroatoms. The minimum atomic E-state index is -0.418. The van der Waals surface area contributed by atoms with Crippen molar-refractivity contribution in [2.45, 2.75) is 64.5 Å². The van der Waals surface area contributed by atoms with Crippen LogP contribution in [-0.4, -0.2) is 21.5 Å². The van der Waals surface area contributed by atoms with Gasteiger partial charge in [-0.3, -0.25) is 4.79 Å². The lowest BCUT2D eigenvalue weighted by Gasteiger charge is -2.28. The highest BCUT2D eigenvalue weighted by Crippen LogP contribution is 2.40. The average molecular weight is 505 g/mol. The van der Waals surface area contributed by atoms with Gasteiger partial charge in [-0.2, -0.15) is 0 Å². The molecule has 1 heterocycles. The van der Waals surface area contributed by atoms with Gasteiger partial charge >= 0.3 is 0 Å². The molecular formula is C26H28Cl3N3O. The first-order valence-electron chi connectivity index (χ1n) is 11.3. The molecular weight excluding hydrogens is 477 g/mol. The molecule has 0 aliphatic heterocycles. The van der Waals surface area contributed by atoms with Crippen molar-refractivity contribution in [2.24, 2.45) is 0 Å². The summed E-state index contributed by atoms with van der Waals surface area (Å²) in [7, 11) is 0. The van der Waals surface area contributed by atoms with Gasteiger partial charge in [-0.15, -0.1) is 0 Å². The largest absolute Gasteiger partial charge is 0.347 e. The van der Waals surface area contributed by atoms with E-state index in [0.717, 1.165) is 42.5 Å². The van der Waals surface area contributed by atoms with Crippen molar-refractivity contribution in [3.63, 3.8) is 0 Å². The molecule has 0 atom stereocenters. The summed E-state index contributed by atoms with van der Waals surface area (Å²) in [6.45, 7) is 6.20. The van der Waals surface area contributed by atoms with E-state index in [2.05, 4.69) is 26.1 Å². The van der Waals surface area contributed by atoms with E-state index in [4.69, 9.17) is 39.8 Å². The Morgan fingerprint density at radius 1 is 0.970 bits per heavy atom. The van der Waals surface area contributed by atoms with Gasteiger partial charge in [0.05, 0.1) is 16.4 Å². The van der Waals surface area contributed by atoms with Crippen molar-refractivity contribution in [1.82, 2.24) is 14.9 Å². The zero-order valence-electron chi connectivity index (χ0n) is 19.1. The van der Waals surface area contributed by atoms with Gasteiger partial charge in [0, 0.05) is 32.8 Å². The zero-order chi connectivity index (χ0) is 23.8. The first-order chi connectivity index (χ1) is 15.6. The lowest BCUT2D eigenvalue weighted by Crippen LogP contribution is -2.39. The molecule has 1 N–H and O–H groups in total. The van der Waals surface area contributed by atoms with Crippen molar-refractivity contribution < 1.29 is 4.79 Å². The van der Waals surface area contributed by atoms with E-state index >= 15 is 0 Å². The van der Waals surface area contributed by atoms with Crippen LogP contribution in [0.1, 0.15) is 63.5 Å². The number of amides is 1. The molecule has 0 saturated heterocycles. The van der Waals surface area contributed by atoms with Crippen LogP contribution in [0, 0.1) is 0 Å². The summed E-state index contributed by atoms with van der Waals surface area (Å²) in [5.41, 5.74) is 2.67. The van der Waals surface area contributed by atoms with Gasteiger partial charge in [0.15, 0.2) is 0 Å². The number of imidazole rings is 1. The Labute approximate surface area is 210 Å². The normalized spacial score (nSPS) is 15.0. The van der Waals surface area contributed by atoms with Crippen LogP contribution in [0.25, 0.3) is 22.5 Å². The van der Waals surface area contributed by atoms with Crippen LogP contribution in [-0.2, 0) is 5.54 Å². The molecule has 1 amide bonds. The standard InChI is InChI=1S/C26H28Cl3N3O/c1-26(2,3)32-23(16-9-11-17(27)12-10-16)22(20-14-13-18(28)15-21(20)29)31-24(32)25(33)30-19-7-5-4-6-8-19/h9-15,19H,4-8H2,1-3H3,(H,30,33). The smallest absolute Gasteiger partial charge is 0.287 e. The molecule has 174 valence electrons. The fraction of sp³-hybridized carbons (Fsp3) is 0.385. The number of hydrogen-bond acceptors (Lipinski definition) is 2. The predicted octanol–water partition coefficient (Wildman–Crippen LogP) is 7.99. The maximum Gasteiger partial charge on any atom is 0.287 e. The molecule has 0 unspecified atom stereocenters. The third-order valence-electron chi connectivity index (χ3n) is 6.00. The second kappa shape index (κ2) is 9.69. The number of rotatable bonds is 4. The summed E-state index contributed by atoms with van der Waals surface area (Å²) in [5.74, 6) is 0.211. The lowest BCUT2D eigenvalue weighted by atomic mass is 9.95.